The molecule has 1 saturated heterocycles. The Balaban J connectivity index is 0.000000564. The summed E-state index contributed by atoms with van der Waals surface area (Å²) in [5.74, 6) is -5.49. The third kappa shape index (κ3) is 12.8. The lowest BCUT2D eigenvalue weighted by Gasteiger charge is -2.38. The number of halogens is 6. The Morgan fingerprint density at radius 3 is 1.48 bits per heavy atom. The molecule has 3 aromatic rings. The Bertz CT molecular complexity index is 1450. The van der Waals surface area contributed by atoms with Crippen molar-refractivity contribution in [2.45, 2.75) is 38.0 Å². The molecule has 0 saturated carbocycles. The number of nitrogens with zero attached hydrogens (tertiary/aromatic N) is 1. The van der Waals surface area contributed by atoms with Crippen molar-refractivity contribution in [3.63, 3.8) is 0 Å². The molecule has 1 fully saturated rings. The SMILES string of the molecule is CN(CC1(C(=O)NCCCC[P+](c2ccccc2)(c2ccccc2)c2ccccc2)CCOCC1)C(=N)N.O=C(O)C(F)(F)F.O=C(O)C(F)(F)F. The van der Waals surface area contributed by atoms with Crippen LogP contribution in [-0.4, -0.2) is 90.8 Å². The standard InChI is InChI=1S/C31H39N4O2P.2C2HF3O2/c1-35(30(32)33)25-31(19-22-37-23-20-31)29(36)34-21-11-12-24-38(26-13-5-2-6-14-26,27-15-7-3-8-16-27)28-17-9-4-10-18-28;2*3-2(4,5)1(6)7/h2-10,13-18H,11-12,19-25H2,1H3,(H3-,32,33,34,36);2*(H,6,7)/p+1. The van der Waals surface area contributed by atoms with Gasteiger partial charge in [-0.25, -0.2) is 9.59 Å². The molecule has 17 heteroatoms. The highest BCUT2D eigenvalue weighted by atomic mass is 31.2. The second-order valence-electron chi connectivity index (χ2n) is 11.7. The van der Waals surface area contributed by atoms with Crippen molar-refractivity contribution in [2.75, 3.05) is 39.5 Å². The third-order valence-corrected chi connectivity index (χ3v) is 12.7. The van der Waals surface area contributed by atoms with Gasteiger partial charge in [-0.1, -0.05) is 54.6 Å². The van der Waals surface area contributed by atoms with Crippen molar-refractivity contribution < 1.29 is 55.7 Å². The number of carboxylic acid groups (broad SMARTS) is 2. The van der Waals surface area contributed by atoms with Crippen molar-refractivity contribution in [1.82, 2.24) is 10.2 Å². The van der Waals surface area contributed by atoms with Gasteiger partial charge in [-0.2, -0.15) is 26.3 Å². The van der Waals surface area contributed by atoms with Crippen molar-refractivity contribution >= 4 is 47.0 Å². The fourth-order valence-corrected chi connectivity index (χ4v) is 9.91. The summed E-state index contributed by atoms with van der Waals surface area (Å²) in [5, 5.41) is 29.4. The van der Waals surface area contributed by atoms with E-state index in [9.17, 15) is 31.1 Å². The minimum atomic E-state index is -5.08. The van der Waals surface area contributed by atoms with Crippen LogP contribution in [0.4, 0.5) is 26.3 Å². The van der Waals surface area contributed by atoms with E-state index in [4.69, 9.17) is 35.7 Å². The van der Waals surface area contributed by atoms with E-state index in [-0.39, 0.29) is 11.9 Å². The van der Waals surface area contributed by atoms with Gasteiger partial charge in [-0.3, -0.25) is 10.2 Å². The number of nitrogens with one attached hydrogen (secondary N) is 2. The molecule has 1 heterocycles. The number of hydrogen-bond acceptors (Lipinski definition) is 5. The Morgan fingerprint density at radius 1 is 0.788 bits per heavy atom. The zero-order chi connectivity index (χ0) is 39.0. The van der Waals surface area contributed by atoms with Gasteiger partial charge in [0.2, 0.25) is 5.91 Å². The molecule has 0 radical (unpaired) electrons. The summed E-state index contributed by atoms with van der Waals surface area (Å²) in [6.45, 7) is 2.17. The van der Waals surface area contributed by atoms with Gasteiger partial charge in [-0.15, -0.1) is 0 Å². The van der Waals surface area contributed by atoms with Crippen LogP contribution >= 0.6 is 7.26 Å². The van der Waals surface area contributed by atoms with Crippen LogP contribution in [0.25, 0.3) is 0 Å². The first-order chi connectivity index (χ1) is 24.4. The van der Waals surface area contributed by atoms with E-state index in [1.807, 2.05) is 0 Å². The minimum absolute atomic E-state index is 0.0216. The Kier molecular flexibility index (Phi) is 16.5. The number of guanidine groups is 1. The number of aliphatic carboxylic acids is 2. The van der Waals surface area contributed by atoms with Crippen LogP contribution < -0.4 is 27.0 Å². The maximum atomic E-state index is 13.4. The monoisotopic (exact) mass is 759 g/mol. The molecule has 6 N–H and O–H groups in total. The summed E-state index contributed by atoms with van der Waals surface area (Å²) >= 11 is 0. The van der Waals surface area contributed by atoms with Gasteiger partial charge in [0.15, 0.2) is 5.96 Å². The van der Waals surface area contributed by atoms with Crippen molar-refractivity contribution in [1.29, 1.82) is 5.41 Å². The number of benzene rings is 3. The van der Waals surface area contributed by atoms with E-state index in [1.165, 1.54) is 15.9 Å². The van der Waals surface area contributed by atoms with Gasteiger partial charge in [0.1, 0.15) is 23.2 Å². The van der Waals surface area contributed by atoms with Crippen LogP contribution in [-0.2, 0) is 19.1 Å². The van der Waals surface area contributed by atoms with E-state index >= 15 is 0 Å². The van der Waals surface area contributed by atoms with Crippen molar-refractivity contribution in [3.05, 3.63) is 91.0 Å². The first-order valence-electron chi connectivity index (χ1n) is 15.9. The lowest BCUT2D eigenvalue weighted by molar-refractivity contribution is -0.193. The molecule has 3 aromatic carbocycles. The second kappa shape index (κ2) is 19.8. The molecule has 1 amide bonds. The first-order valence-corrected chi connectivity index (χ1v) is 17.9. The Hall–Kier alpha value is -4.69. The minimum Gasteiger partial charge on any atom is -0.475 e. The van der Waals surface area contributed by atoms with Gasteiger partial charge in [0.25, 0.3) is 0 Å². The van der Waals surface area contributed by atoms with Gasteiger partial charge in [0, 0.05) is 33.4 Å². The molecule has 0 unspecified atom stereocenters. The summed E-state index contributed by atoms with van der Waals surface area (Å²) < 4.78 is 69.0. The fraction of sp³-hybridized carbons (Fsp3) is 0.371. The zero-order valence-electron chi connectivity index (χ0n) is 28.3. The fourth-order valence-electron chi connectivity index (χ4n) is 5.50. The zero-order valence-corrected chi connectivity index (χ0v) is 29.2. The largest absolute Gasteiger partial charge is 0.490 e. The van der Waals surface area contributed by atoms with Crippen LogP contribution in [0, 0.1) is 10.8 Å². The predicted octanol–water partition coefficient (Wildman–Crippen LogP) is 4.77. The van der Waals surface area contributed by atoms with E-state index < -0.39 is 37.0 Å². The third-order valence-electron chi connectivity index (χ3n) is 8.16. The summed E-state index contributed by atoms with van der Waals surface area (Å²) in [7, 11) is -0.0896. The lowest BCUT2D eigenvalue weighted by Crippen LogP contribution is -2.52. The molecule has 0 atom stereocenters. The summed E-state index contributed by atoms with van der Waals surface area (Å²) in [4.78, 5) is 32.9. The number of carbonyl (C=O) groups is 3. The lowest BCUT2D eigenvalue weighted by atomic mass is 9.78. The number of carbonyl (C=O) groups excluding carboxylic acids is 1. The van der Waals surface area contributed by atoms with Gasteiger partial charge >= 0.3 is 24.3 Å². The average molecular weight is 760 g/mol. The second-order valence-corrected chi connectivity index (χ2v) is 15.4. The number of alkyl halides is 6. The molecule has 0 bridgehead atoms. The number of carboxylic acids is 2. The number of hydrogen-bond donors (Lipinski definition) is 5. The van der Waals surface area contributed by atoms with Gasteiger partial charge < -0.3 is 30.9 Å². The molecule has 0 spiro atoms. The topological polar surface area (TPSA) is 166 Å². The highest BCUT2D eigenvalue weighted by Crippen LogP contribution is 2.55. The van der Waals surface area contributed by atoms with Crippen molar-refractivity contribution in [2.24, 2.45) is 11.1 Å². The molecule has 0 aromatic heterocycles. The van der Waals surface area contributed by atoms with Crippen LogP contribution in [0.5, 0.6) is 0 Å². The van der Waals surface area contributed by atoms with Gasteiger partial charge in [0.05, 0.1) is 11.6 Å². The number of nitrogens with two attached hydrogens (primary N) is 1. The maximum absolute atomic E-state index is 13.4. The number of amides is 1. The van der Waals surface area contributed by atoms with E-state index in [2.05, 4.69) is 96.3 Å². The molecule has 4 rings (SSSR count). The quantitative estimate of drug-likeness (QED) is 0.0614. The number of unbranched alkanes of at least 4 members (excludes halogenated alkanes) is 1. The summed E-state index contributed by atoms with van der Waals surface area (Å²) in [6.07, 6.45) is -5.96. The van der Waals surface area contributed by atoms with Crippen LogP contribution in [0.1, 0.15) is 25.7 Å². The molecule has 10 nitrogen and oxygen atoms in total. The first kappa shape index (κ1) is 43.5. The molecular weight excluding hydrogens is 717 g/mol. The van der Waals surface area contributed by atoms with E-state index in [0.717, 1.165) is 19.0 Å². The maximum Gasteiger partial charge on any atom is 0.490 e. The number of rotatable bonds is 11. The molecule has 284 valence electrons. The molecule has 52 heavy (non-hydrogen) atoms. The average Bonchev–Trinajstić information content (AvgIpc) is 3.11. The summed E-state index contributed by atoms with van der Waals surface area (Å²) in [5.41, 5.74) is 5.11. The molecule has 1 aliphatic rings. The van der Waals surface area contributed by atoms with Gasteiger partial charge in [-0.05, 0) is 62.1 Å². The van der Waals surface area contributed by atoms with Crippen LogP contribution in [0.15, 0.2) is 91.0 Å². The van der Waals surface area contributed by atoms with E-state index in [1.54, 1.807) is 11.9 Å². The predicted molar refractivity (Wildman–Crippen MR) is 187 cm³/mol. The molecular formula is C35H42F6N4O6P+. The Labute approximate surface area is 297 Å². The van der Waals surface area contributed by atoms with Crippen molar-refractivity contribution in [3.8, 4) is 0 Å². The molecule has 1 aliphatic heterocycles. The van der Waals surface area contributed by atoms with E-state index in [0.29, 0.717) is 39.1 Å². The highest BCUT2D eigenvalue weighted by molar-refractivity contribution is 7.95. The van der Waals surface area contributed by atoms with Crippen LogP contribution in [0.2, 0.25) is 0 Å². The highest BCUT2D eigenvalue weighted by Gasteiger charge is 2.45. The Morgan fingerprint density at radius 2 is 1.15 bits per heavy atom. The normalized spacial score (nSPS) is 14.0. The smallest absolute Gasteiger partial charge is 0.475 e. The summed E-state index contributed by atoms with van der Waals surface area (Å²) in [6, 6.07) is 32.7. The number of ether oxygens (including phenoxy) is 1. The van der Waals surface area contributed by atoms with Crippen LogP contribution in [0.3, 0.4) is 0 Å². The molecule has 0 aliphatic carbocycles.